The van der Waals surface area contributed by atoms with Crippen LogP contribution in [-0.4, -0.2) is 44.3 Å². The lowest BCUT2D eigenvalue weighted by Gasteiger charge is -2.23. The highest BCUT2D eigenvalue weighted by Crippen LogP contribution is 2.09. The van der Waals surface area contributed by atoms with Crippen molar-refractivity contribution in [3.63, 3.8) is 0 Å². The minimum Gasteiger partial charge on any atom is -0.409 e. The van der Waals surface area contributed by atoms with Crippen LogP contribution in [0, 0.1) is 5.92 Å². The first-order valence-corrected chi connectivity index (χ1v) is 5.04. The van der Waals surface area contributed by atoms with E-state index in [-0.39, 0.29) is 11.8 Å². The van der Waals surface area contributed by atoms with Crippen LogP contribution in [0.1, 0.15) is 13.8 Å². The van der Waals surface area contributed by atoms with E-state index < -0.39 is 0 Å². The molecule has 0 saturated carbocycles. The molecule has 0 bridgehead atoms. The van der Waals surface area contributed by atoms with E-state index >= 15 is 0 Å². The zero-order valence-electron chi connectivity index (χ0n) is 9.70. The van der Waals surface area contributed by atoms with E-state index in [1.807, 2.05) is 18.7 Å². The second-order valence-corrected chi connectivity index (χ2v) is 3.57. The van der Waals surface area contributed by atoms with E-state index in [1.165, 1.54) is 0 Å². The standard InChI is InChI=1S/C8H17N7O/c1-4-15(5-6(2)7(9)11-16)8-10-12-13-14(8)3/h6,16H,4-5H2,1-3H3,(H2,9,11). The fraction of sp³-hybridized carbons (Fsp3) is 0.750. The SMILES string of the molecule is CCN(CC(C)C(N)=NO)c1nnnn1C. The summed E-state index contributed by atoms with van der Waals surface area (Å²) in [4.78, 5) is 1.96. The summed E-state index contributed by atoms with van der Waals surface area (Å²) in [5.41, 5.74) is 5.53. The molecule has 90 valence electrons. The smallest absolute Gasteiger partial charge is 0.245 e. The Labute approximate surface area is 93.7 Å². The summed E-state index contributed by atoms with van der Waals surface area (Å²) in [6.45, 7) is 5.22. The summed E-state index contributed by atoms with van der Waals surface area (Å²) in [5.74, 6) is 0.801. The summed E-state index contributed by atoms with van der Waals surface area (Å²) in [6, 6.07) is 0. The molecule has 0 aliphatic heterocycles. The molecule has 0 amide bonds. The Hall–Kier alpha value is -1.86. The molecule has 16 heavy (non-hydrogen) atoms. The van der Waals surface area contributed by atoms with E-state index in [1.54, 1.807) is 11.7 Å². The highest BCUT2D eigenvalue weighted by atomic mass is 16.4. The Morgan fingerprint density at radius 2 is 2.38 bits per heavy atom. The maximum atomic E-state index is 8.57. The third-order valence-corrected chi connectivity index (χ3v) is 2.38. The number of nitrogens with zero attached hydrogens (tertiary/aromatic N) is 6. The second-order valence-electron chi connectivity index (χ2n) is 3.57. The molecule has 0 aromatic carbocycles. The summed E-state index contributed by atoms with van der Waals surface area (Å²) in [6.07, 6.45) is 0. The van der Waals surface area contributed by atoms with Gasteiger partial charge < -0.3 is 15.8 Å². The van der Waals surface area contributed by atoms with Gasteiger partial charge in [0.1, 0.15) is 5.84 Å². The van der Waals surface area contributed by atoms with Crippen LogP contribution in [-0.2, 0) is 7.05 Å². The van der Waals surface area contributed by atoms with Crippen molar-refractivity contribution in [3.8, 4) is 0 Å². The zero-order valence-corrected chi connectivity index (χ0v) is 9.70. The molecule has 8 heteroatoms. The van der Waals surface area contributed by atoms with Gasteiger partial charge in [0.15, 0.2) is 0 Å². The maximum absolute atomic E-state index is 8.57. The zero-order chi connectivity index (χ0) is 12.1. The lowest BCUT2D eigenvalue weighted by atomic mass is 10.1. The van der Waals surface area contributed by atoms with Crippen LogP contribution < -0.4 is 10.6 Å². The summed E-state index contributed by atoms with van der Waals surface area (Å²) in [7, 11) is 1.77. The lowest BCUT2D eigenvalue weighted by Crippen LogP contribution is -2.36. The molecule has 1 heterocycles. The van der Waals surface area contributed by atoms with Crippen molar-refractivity contribution in [2.24, 2.45) is 23.9 Å². The van der Waals surface area contributed by atoms with Gasteiger partial charge in [-0.2, -0.15) is 0 Å². The molecule has 3 N–H and O–H groups in total. The summed E-state index contributed by atoms with van der Waals surface area (Å²) < 4.78 is 1.59. The summed E-state index contributed by atoms with van der Waals surface area (Å²) >= 11 is 0. The highest BCUT2D eigenvalue weighted by Gasteiger charge is 2.16. The molecule has 1 aromatic rings. The first-order chi connectivity index (χ1) is 7.60. The normalized spacial score (nSPS) is 13.8. The van der Waals surface area contributed by atoms with Crippen LogP contribution in [0.3, 0.4) is 0 Å². The molecule has 1 aromatic heterocycles. The van der Waals surface area contributed by atoms with Gasteiger partial charge in [0.2, 0.25) is 5.95 Å². The minimum atomic E-state index is -0.0679. The number of oxime groups is 1. The molecular weight excluding hydrogens is 210 g/mol. The number of anilines is 1. The monoisotopic (exact) mass is 227 g/mol. The number of hydrogen-bond acceptors (Lipinski definition) is 6. The van der Waals surface area contributed by atoms with E-state index in [2.05, 4.69) is 20.7 Å². The van der Waals surface area contributed by atoms with Gasteiger partial charge in [0.25, 0.3) is 0 Å². The largest absolute Gasteiger partial charge is 0.409 e. The third-order valence-electron chi connectivity index (χ3n) is 2.38. The van der Waals surface area contributed by atoms with E-state index in [9.17, 15) is 0 Å². The van der Waals surface area contributed by atoms with E-state index in [0.717, 1.165) is 6.54 Å². The van der Waals surface area contributed by atoms with Gasteiger partial charge in [-0.3, -0.25) is 0 Å². The summed E-state index contributed by atoms with van der Waals surface area (Å²) in [5, 5.41) is 22.8. The third kappa shape index (κ3) is 2.59. The van der Waals surface area contributed by atoms with Gasteiger partial charge >= 0.3 is 0 Å². The van der Waals surface area contributed by atoms with E-state index in [4.69, 9.17) is 10.9 Å². The molecule has 0 spiro atoms. The van der Waals surface area contributed by atoms with Crippen LogP contribution >= 0.6 is 0 Å². The number of tetrazole rings is 1. The Balaban J connectivity index is 2.74. The predicted molar refractivity (Wildman–Crippen MR) is 59.3 cm³/mol. The van der Waals surface area contributed by atoms with Gasteiger partial charge in [0.05, 0.1) is 0 Å². The molecule has 0 radical (unpaired) electrons. The van der Waals surface area contributed by atoms with Crippen molar-refractivity contribution in [2.75, 3.05) is 18.0 Å². The molecule has 0 aliphatic rings. The molecule has 1 rings (SSSR count). The number of hydrogen-bond donors (Lipinski definition) is 2. The van der Waals surface area contributed by atoms with Gasteiger partial charge in [-0.05, 0) is 17.4 Å². The molecule has 0 fully saturated rings. The van der Waals surface area contributed by atoms with Crippen molar-refractivity contribution in [1.82, 2.24) is 20.2 Å². The Morgan fingerprint density at radius 3 is 2.81 bits per heavy atom. The van der Waals surface area contributed by atoms with Gasteiger partial charge in [-0.1, -0.05) is 17.2 Å². The predicted octanol–water partition coefficient (Wildman–Crippen LogP) is -0.581. The van der Waals surface area contributed by atoms with Crippen LogP contribution in [0.15, 0.2) is 5.16 Å². The topological polar surface area (TPSA) is 105 Å². The lowest BCUT2D eigenvalue weighted by molar-refractivity contribution is 0.314. The Kier molecular flexibility index (Phi) is 4.03. The number of rotatable bonds is 5. The van der Waals surface area contributed by atoms with Gasteiger partial charge in [-0.15, -0.1) is 0 Å². The first-order valence-electron chi connectivity index (χ1n) is 5.04. The molecule has 0 saturated heterocycles. The van der Waals surface area contributed by atoms with Crippen molar-refractivity contribution >= 4 is 11.8 Å². The van der Waals surface area contributed by atoms with Crippen LogP contribution in [0.4, 0.5) is 5.95 Å². The minimum absolute atomic E-state index is 0.0679. The molecule has 0 aliphatic carbocycles. The van der Waals surface area contributed by atoms with E-state index in [0.29, 0.717) is 12.5 Å². The fourth-order valence-electron chi connectivity index (χ4n) is 1.37. The Morgan fingerprint density at radius 1 is 1.69 bits per heavy atom. The number of aryl methyl sites for hydroxylation is 1. The number of amidine groups is 1. The molecular formula is C8H17N7O. The average molecular weight is 227 g/mol. The van der Waals surface area contributed by atoms with Crippen LogP contribution in [0.5, 0.6) is 0 Å². The van der Waals surface area contributed by atoms with Crippen molar-refractivity contribution in [1.29, 1.82) is 0 Å². The number of aromatic nitrogens is 4. The van der Waals surface area contributed by atoms with Crippen molar-refractivity contribution < 1.29 is 5.21 Å². The van der Waals surface area contributed by atoms with Crippen molar-refractivity contribution in [2.45, 2.75) is 13.8 Å². The van der Waals surface area contributed by atoms with Crippen LogP contribution in [0.2, 0.25) is 0 Å². The number of nitrogens with two attached hydrogens (primary N) is 1. The molecule has 1 atom stereocenters. The van der Waals surface area contributed by atoms with Gasteiger partial charge in [0, 0.05) is 26.1 Å². The molecule has 8 nitrogen and oxygen atoms in total. The average Bonchev–Trinajstić information content (AvgIpc) is 2.70. The Bertz CT molecular complexity index is 361. The van der Waals surface area contributed by atoms with Crippen LogP contribution in [0.25, 0.3) is 0 Å². The fourth-order valence-corrected chi connectivity index (χ4v) is 1.37. The quantitative estimate of drug-likeness (QED) is 0.302. The van der Waals surface area contributed by atoms with Crippen molar-refractivity contribution in [3.05, 3.63) is 0 Å². The highest BCUT2D eigenvalue weighted by molar-refractivity contribution is 5.82. The second kappa shape index (κ2) is 5.29. The van der Waals surface area contributed by atoms with Gasteiger partial charge in [-0.25, -0.2) is 4.68 Å². The molecule has 1 unspecified atom stereocenters. The first kappa shape index (κ1) is 12.2. The maximum Gasteiger partial charge on any atom is 0.245 e.